The number of hydrogen-bond acceptors (Lipinski definition) is 5. The Morgan fingerprint density at radius 2 is 2.05 bits per heavy atom. The molecule has 1 fully saturated rings. The predicted molar refractivity (Wildman–Crippen MR) is 90.7 cm³/mol. The van der Waals surface area contributed by atoms with E-state index in [0.29, 0.717) is 5.82 Å². The topological polar surface area (TPSA) is 86.0 Å². The SMILES string of the molecule is CC(C)(C)[S+]([O-])N[C@@H]1c2ccc(N)nc2CC12CCNCC2. The van der Waals surface area contributed by atoms with Gasteiger partial charge in [-0.2, -0.15) is 0 Å². The van der Waals surface area contributed by atoms with Crippen molar-refractivity contribution in [3.63, 3.8) is 0 Å². The molecule has 0 radical (unpaired) electrons. The third-order valence-corrected chi connectivity index (χ3v) is 6.42. The normalized spacial score (nSPS) is 25.2. The van der Waals surface area contributed by atoms with Crippen molar-refractivity contribution in [1.29, 1.82) is 0 Å². The molecule has 2 heterocycles. The lowest BCUT2D eigenvalue weighted by Crippen LogP contribution is -2.48. The first-order valence-electron chi connectivity index (χ1n) is 7.96. The van der Waals surface area contributed by atoms with Gasteiger partial charge in [-0.25, -0.2) is 4.98 Å². The first-order chi connectivity index (χ1) is 10.3. The molecule has 1 aliphatic heterocycles. The Morgan fingerprint density at radius 1 is 1.36 bits per heavy atom. The van der Waals surface area contributed by atoms with Crippen molar-refractivity contribution >= 4 is 17.2 Å². The van der Waals surface area contributed by atoms with Gasteiger partial charge in [-0.05, 0) is 64.8 Å². The Bertz CT molecular complexity index is 552. The molecule has 1 unspecified atom stereocenters. The summed E-state index contributed by atoms with van der Waals surface area (Å²) in [6.45, 7) is 8.01. The second kappa shape index (κ2) is 5.67. The van der Waals surface area contributed by atoms with Crippen molar-refractivity contribution in [3.05, 3.63) is 23.4 Å². The van der Waals surface area contributed by atoms with Crippen molar-refractivity contribution in [2.75, 3.05) is 18.8 Å². The van der Waals surface area contributed by atoms with Crippen molar-refractivity contribution in [1.82, 2.24) is 15.0 Å². The van der Waals surface area contributed by atoms with Gasteiger partial charge in [0.25, 0.3) is 0 Å². The van der Waals surface area contributed by atoms with Crippen LogP contribution in [0.1, 0.15) is 50.9 Å². The van der Waals surface area contributed by atoms with Crippen molar-refractivity contribution in [2.45, 2.75) is 50.8 Å². The lowest BCUT2D eigenvalue weighted by molar-refractivity contribution is 0.163. The molecule has 1 aromatic rings. The van der Waals surface area contributed by atoms with Crippen LogP contribution in [0, 0.1) is 5.41 Å². The van der Waals surface area contributed by atoms with Gasteiger partial charge in [0.15, 0.2) is 0 Å². The standard InChI is InChI=1S/C16H26N4OS/c1-15(2,3)22(21)20-14-11-4-5-13(17)19-12(11)10-16(14)6-8-18-9-7-16/h4-5,14,18,20H,6-10H2,1-3H3,(H2,17,19)/t14-,22?/m1/s1. The van der Waals surface area contributed by atoms with Gasteiger partial charge in [-0.3, -0.25) is 0 Å². The lowest BCUT2D eigenvalue weighted by atomic mass is 9.74. The molecular formula is C16H26N4OS. The maximum atomic E-state index is 12.7. The molecule has 1 aliphatic carbocycles. The number of anilines is 1. The highest BCUT2D eigenvalue weighted by Crippen LogP contribution is 2.51. The van der Waals surface area contributed by atoms with E-state index in [1.807, 2.05) is 26.8 Å². The molecule has 2 atom stereocenters. The number of nitrogens with one attached hydrogen (secondary N) is 2. The Morgan fingerprint density at radius 3 is 2.68 bits per heavy atom. The number of rotatable bonds is 2. The van der Waals surface area contributed by atoms with Crippen LogP contribution in [-0.2, 0) is 17.8 Å². The Kier molecular flexibility index (Phi) is 4.14. The van der Waals surface area contributed by atoms with Crippen LogP contribution in [0.4, 0.5) is 5.82 Å². The summed E-state index contributed by atoms with van der Waals surface area (Å²) < 4.78 is 15.8. The average molecular weight is 322 g/mol. The molecule has 5 nitrogen and oxygen atoms in total. The zero-order valence-corrected chi connectivity index (χ0v) is 14.4. The predicted octanol–water partition coefficient (Wildman–Crippen LogP) is 1.68. The van der Waals surface area contributed by atoms with E-state index in [1.54, 1.807) is 0 Å². The summed E-state index contributed by atoms with van der Waals surface area (Å²) in [6.07, 6.45) is 3.07. The number of hydrogen-bond donors (Lipinski definition) is 3. The van der Waals surface area contributed by atoms with Crippen LogP contribution < -0.4 is 15.8 Å². The minimum absolute atomic E-state index is 0.0951. The fourth-order valence-electron chi connectivity index (χ4n) is 3.56. The molecule has 0 aromatic carbocycles. The highest BCUT2D eigenvalue weighted by Gasteiger charge is 2.50. The van der Waals surface area contributed by atoms with E-state index in [4.69, 9.17) is 5.73 Å². The summed E-state index contributed by atoms with van der Waals surface area (Å²) in [6, 6.07) is 4.01. The van der Waals surface area contributed by atoms with Crippen LogP contribution in [0.15, 0.2) is 12.1 Å². The molecule has 3 rings (SSSR count). The molecule has 0 bridgehead atoms. The molecule has 0 saturated carbocycles. The maximum absolute atomic E-state index is 12.7. The molecule has 1 aromatic heterocycles. The van der Waals surface area contributed by atoms with Crippen molar-refractivity contribution < 1.29 is 4.55 Å². The monoisotopic (exact) mass is 322 g/mol. The fourth-order valence-corrected chi connectivity index (χ4v) is 4.51. The number of nitrogens with zero attached hydrogens (tertiary/aromatic N) is 1. The molecule has 22 heavy (non-hydrogen) atoms. The number of piperidine rings is 1. The highest BCUT2D eigenvalue weighted by atomic mass is 32.2. The van der Waals surface area contributed by atoms with Crippen LogP contribution in [0.25, 0.3) is 0 Å². The van der Waals surface area contributed by atoms with Gasteiger partial charge in [-0.1, -0.05) is 6.07 Å². The van der Waals surface area contributed by atoms with E-state index in [2.05, 4.69) is 21.1 Å². The second-order valence-electron chi connectivity index (χ2n) is 7.49. The van der Waals surface area contributed by atoms with Crippen molar-refractivity contribution in [2.24, 2.45) is 5.41 Å². The van der Waals surface area contributed by atoms with Crippen LogP contribution in [-0.4, -0.2) is 27.4 Å². The summed E-state index contributed by atoms with van der Waals surface area (Å²) in [5.74, 6) is 0.570. The van der Waals surface area contributed by atoms with Gasteiger partial charge >= 0.3 is 0 Å². The van der Waals surface area contributed by atoms with Crippen LogP contribution in [0.2, 0.25) is 0 Å². The van der Waals surface area contributed by atoms with E-state index < -0.39 is 11.4 Å². The summed E-state index contributed by atoms with van der Waals surface area (Å²) in [5, 5.41) is 3.43. The molecule has 0 amide bonds. The van der Waals surface area contributed by atoms with Gasteiger partial charge in [0.2, 0.25) is 0 Å². The average Bonchev–Trinajstić information content (AvgIpc) is 2.71. The minimum atomic E-state index is -1.10. The molecule has 1 spiro atoms. The summed E-state index contributed by atoms with van der Waals surface area (Å²) in [4.78, 5) is 4.54. The van der Waals surface area contributed by atoms with Crippen LogP contribution >= 0.6 is 0 Å². The van der Waals surface area contributed by atoms with Gasteiger partial charge in [0, 0.05) is 22.5 Å². The maximum Gasteiger partial charge on any atom is 0.136 e. The minimum Gasteiger partial charge on any atom is -0.598 e. The van der Waals surface area contributed by atoms with E-state index in [1.165, 1.54) is 5.56 Å². The molecule has 6 heteroatoms. The van der Waals surface area contributed by atoms with Crippen molar-refractivity contribution in [3.8, 4) is 0 Å². The molecule has 122 valence electrons. The Labute approximate surface area is 135 Å². The quantitative estimate of drug-likeness (QED) is 0.721. The zero-order valence-electron chi connectivity index (χ0n) is 13.6. The zero-order chi connectivity index (χ0) is 16.0. The molecule has 4 N–H and O–H groups in total. The van der Waals surface area contributed by atoms with E-state index in [0.717, 1.165) is 38.0 Å². The smallest absolute Gasteiger partial charge is 0.136 e. The van der Waals surface area contributed by atoms with Crippen LogP contribution in [0.3, 0.4) is 0 Å². The third kappa shape index (κ3) is 2.85. The first kappa shape index (κ1) is 16.1. The third-order valence-electron chi connectivity index (χ3n) is 4.85. The summed E-state index contributed by atoms with van der Waals surface area (Å²) >= 11 is -1.10. The van der Waals surface area contributed by atoms with Gasteiger partial charge in [0.1, 0.15) is 10.6 Å². The highest BCUT2D eigenvalue weighted by molar-refractivity contribution is 7.90. The largest absolute Gasteiger partial charge is 0.598 e. The lowest BCUT2D eigenvalue weighted by Gasteiger charge is -2.40. The van der Waals surface area contributed by atoms with E-state index >= 15 is 0 Å². The van der Waals surface area contributed by atoms with Gasteiger partial charge in [0.05, 0.1) is 6.04 Å². The van der Waals surface area contributed by atoms with Gasteiger partial charge in [-0.15, -0.1) is 4.72 Å². The number of pyridine rings is 1. The molecule has 1 saturated heterocycles. The summed E-state index contributed by atoms with van der Waals surface area (Å²) in [7, 11) is 0. The van der Waals surface area contributed by atoms with Crippen LogP contribution in [0.5, 0.6) is 0 Å². The number of fused-ring (bicyclic) bond motifs is 1. The number of aromatic nitrogens is 1. The molecule has 2 aliphatic rings. The molecular weight excluding hydrogens is 296 g/mol. The Balaban J connectivity index is 1.94. The number of nitrogens with two attached hydrogens (primary N) is 1. The number of nitrogen functional groups attached to an aromatic ring is 1. The van der Waals surface area contributed by atoms with E-state index in [9.17, 15) is 4.55 Å². The fraction of sp³-hybridized carbons (Fsp3) is 0.688. The van der Waals surface area contributed by atoms with E-state index in [-0.39, 0.29) is 16.2 Å². The second-order valence-corrected chi connectivity index (χ2v) is 9.49. The van der Waals surface area contributed by atoms with Gasteiger partial charge < -0.3 is 15.6 Å². The first-order valence-corrected chi connectivity index (χ1v) is 9.11. The summed E-state index contributed by atoms with van der Waals surface area (Å²) in [5.41, 5.74) is 8.22. The Hall–Kier alpha value is -0.820.